The van der Waals surface area contributed by atoms with Gasteiger partial charge in [-0.2, -0.15) is 0 Å². The van der Waals surface area contributed by atoms with E-state index in [0.29, 0.717) is 17.2 Å². The number of halogens is 1. The summed E-state index contributed by atoms with van der Waals surface area (Å²) in [5, 5.41) is 0.360. The molecule has 1 saturated carbocycles. The highest BCUT2D eigenvalue weighted by Crippen LogP contribution is 2.28. The van der Waals surface area contributed by atoms with Crippen molar-refractivity contribution in [3.05, 3.63) is 29.3 Å². The maximum Gasteiger partial charge on any atom is 0.150 e. The van der Waals surface area contributed by atoms with Crippen LogP contribution >= 0.6 is 11.6 Å². The Labute approximate surface area is 113 Å². The predicted molar refractivity (Wildman–Crippen MR) is 73.0 cm³/mol. The van der Waals surface area contributed by atoms with Gasteiger partial charge in [0.25, 0.3) is 0 Å². The zero-order chi connectivity index (χ0) is 13.2. The first-order valence-electron chi connectivity index (χ1n) is 6.06. The average molecular weight is 289 g/mol. The summed E-state index contributed by atoms with van der Waals surface area (Å²) in [6.07, 6.45) is 4.39. The lowest BCUT2D eigenvalue weighted by Gasteiger charge is -2.28. The molecule has 0 N–H and O–H groups in total. The third-order valence-corrected chi connectivity index (χ3v) is 5.16. The van der Waals surface area contributed by atoms with E-state index in [1.165, 1.54) is 6.26 Å². The molecule has 2 atom stereocenters. The lowest BCUT2D eigenvalue weighted by atomic mass is 9.97. The van der Waals surface area contributed by atoms with Crippen LogP contribution < -0.4 is 4.74 Å². The van der Waals surface area contributed by atoms with Gasteiger partial charge in [0.1, 0.15) is 15.6 Å². The van der Waals surface area contributed by atoms with Gasteiger partial charge in [0, 0.05) is 17.7 Å². The molecule has 2 unspecified atom stereocenters. The third kappa shape index (κ3) is 3.62. The molecule has 0 saturated heterocycles. The van der Waals surface area contributed by atoms with Gasteiger partial charge in [0.05, 0.1) is 11.4 Å². The summed E-state index contributed by atoms with van der Waals surface area (Å²) in [7, 11) is -2.97. The summed E-state index contributed by atoms with van der Waals surface area (Å²) >= 11 is 5.89. The Hall–Kier alpha value is -0.740. The minimum absolute atomic E-state index is 0.0306. The van der Waals surface area contributed by atoms with Crippen LogP contribution in [0.1, 0.15) is 25.7 Å². The van der Waals surface area contributed by atoms with E-state index in [1.807, 2.05) is 12.1 Å². The van der Waals surface area contributed by atoms with E-state index in [2.05, 4.69) is 0 Å². The van der Waals surface area contributed by atoms with E-state index in [0.717, 1.165) is 19.3 Å². The number of hydrogen-bond acceptors (Lipinski definition) is 3. The highest BCUT2D eigenvalue weighted by atomic mass is 35.5. The van der Waals surface area contributed by atoms with Crippen LogP contribution in [0.2, 0.25) is 5.02 Å². The normalized spacial score (nSPS) is 24.8. The van der Waals surface area contributed by atoms with Crippen LogP contribution in [0, 0.1) is 0 Å². The van der Waals surface area contributed by atoms with Crippen molar-refractivity contribution >= 4 is 21.4 Å². The van der Waals surface area contributed by atoms with Gasteiger partial charge >= 0.3 is 0 Å². The topological polar surface area (TPSA) is 43.4 Å². The standard InChI is InChI=1S/C13H17ClO3S/c1-18(15,16)13-7-3-6-12(9-13)17-11-5-2-4-10(14)8-11/h2,4-5,8,12-13H,3,6-7,9H2,1H3. The van der Waals surface area contributed by atoms with Gasteiger partial charge in [-0.25, -0.2) is 8.42 Å². The second kappa shape index (κ2) is 5.49. The second-order valence-electron chi connectivity index (χ2n) is 4.82. The highest BCUT2D eigenvalue weighted by molar-refractivity contribution is 7.91. The van der Waals surface area contributed by atoms with Gasteiger partial charge in [0.15, 0.2) is 0 Å². The molecule has 0 amide bonds. The summed E-state index contributed by atoms with van der Waals surface area (Å²) in [4.78, 5) is 0. The maximum atomic E-state index is 11.6. The molecule has 0 aliphatic heterocycles. The molecular weight excluding hydrogens is 272 g/mol. The molecule has 2 rings (SSSR count). The molecule has 0 radical (unpaired) electrons. The first-order valence-corrected chi connectivity index (χ1v) is 8.39. The van der Waals surface area contributed by atoms with Crippen molar-refractivity contribution in [3.8, 4) is 5.75 Å². The van der Waals surface area contributed by atoms with Gasteiger partial charge in [-0.05, 0) is 37.5 Å². The van der Waals surface area contributed by atoms with E-state index in [4.69, 9.17) is 16.3 Å². The average Bonchev–Trinajstić information content (AvgIpc) is 2.28. The first kappa shape index (κ1) is 13.7. The van der Waals surface area contributed by atoms with Crippen LogP contribution in [0.25, 0.3) is 0 Å². The molecule has 18 heavy (non-hydrogen) atoms. The largest absolute Gasteiger partial charge is 0.490 e. The van der Waals surface area contributed by atoms with Crippen LogP contribution in [0.15, 0.2) is 24.3 Å². The Balaban J connectivity index is 2.02. The number of benzene rings is 1. The summed E-state index contributed by atoms with van der Waals surface area (Å²) in [5.41, 5.74) is 0. The Morgan fingerprint density at radius 3 is 2.78 bits per heavy atom. The quantitative estimate of drug-likeness (QED) is 0.858. The SMILES string of the molecule is CS(=O)(=O)C1CCCC(Oc2cccc(Cl)c2)C1. The molecule has 1 aliphatic rings. The van der Waals surface area contributed by atoms with Gasteiger partial charge in [-0.15, -0.1) is 0 Å². The Morgan fingerprint density at radius 1 is 1.33 bits per heavy atom. The van der Waals surface area contributed by atoms with Crippen LogP contribution in [-0.4, -0.2) is 26.0 Å². The van der Waals surface area contributed by atoms with Crippen molar-refractivity contribution in [2.45, 2.75) is 37.0 Å². The number of rotatable bonds is 3. The van der Waals surface area contributed by atoms with Crippen molar-refractivity contribution in [1.29, 1.82) is 0 Å². The molecular formula is C13H17ClO3S. The van der Waals surface area contributed by atoms with Gasteiger partial charge in [-0.1, -0.05) is 17.7 Å². The molecule has 0 spiro atoms. The van der Waals surface area contributed by atoms with Gasteiger partial charge in [-0.3, -0.25) is 0 Å². The number of ether oxygens (including phenoxy) is 1. The van der Waals surface area contributed by atoms with E-state index in [1.54, 1.807) is 12.1 Å². The summed E-state index contributed by atoms with van der Waals surface area (Å²) < 4.78 is 28.9. The maximum absolute atomic E-state index is 11.6. The Morgan fingerprint density at radius 2 is 2.11 bits per heavy atom. The molecule has 0 aromatic heterocycles. The molecule has 0 bridgehead atoms. The van der Waals surface area contributed by atoms with Gasteiger partial charge in [0.2, 0.25) is 0 Å². The van der Waals surface area contributed by atoms with Crippen molar-refractivity contribution < 1.29 is 13.2 Å². The molecule has 1 fully saturated rings. The molecule has 1 aromatic carbocycles. The van der Waals surface area contributed by atoms with E-state index < -0.39 is 9.84 Å². The van der Waals surface area contributed by atoms with E-state index in [-0.39, 0.29) is 11.4 Å². The first-order chi connectivity index (χ1) is 8.45. The fourth-order valence-electron chi connectivity index (χ4n) is 2.33. The van der Waals surface area contributed by atoms with Gasteiger partial charge < -0.3 is 4.74 Å². The minimum Gasteiger partial charge on any atom is -0.490 e. The molecule has 100 valence electrons. The Bertz CT molecular complexity index is 513. The predicted octanol–water partition coefficient (Wildman–Crippen LogP) is 3.07. The van der Waals surface area contributed by atoms with Crippen LogP contribution in [0.3, 0.4) is 0 Å². The monoisotopic (exact) mass is 288 g/mol. The third-order valence-electron chi connectivity index (χ3n) is 3.28. The van der Waals surface area contributed by atoms with Crippen molar-refractivity contribution in [1.82, 2.24) is 0 Å². The van der Waals surface area contributed by atoms with Crippen molar-refractivity contribution in [2.24, 2.45) is 0 Å². The second-order valence-corrected chi connectivity index (χ2v) is 7.58. The zero-order valence-corrected chi connectivity index (χ0v) is 11.9. The van der Waals surface area contributed by atoms with Crippen LogP contribution in [-0.2, 0) is 9.84 Å². The van der Waals surface area contributed by atoms with Crippen molar-refractivity contribution in [3.63, 3.8) is 0 Å². The fraction of sp³-hybridized carbons (Fsp3) is 0.538. The fourth-order valence-corrected chi connectivity index (χ4v) is 3.67. The lowest BCUT2D eigenvalue weighted by molar-refractivity contribution is 0.156. The lowest BCUT2D eigenvalue weighted by Crippen LogP contribution is -2.33. The van der Waals surface area contributed by atoms with E-state index >= 15 is 0 Å². The number of hydrogen-bond donors (Lipinski definition) is 0. The Kier molecular flexibility index (Phi) is 4.17. The van der Waals surface area contributed by atoms with Crippen molar-refractivity contribution in [2.75, 3.05) is 6.26 Å². The van der Waals surface area contributed by atoms with Crippen LogP contribution in [0.4, 0.5) is 0 Å². The zero-order valence-electron chi connectivity index (χ0n) is 10.3. The van der Waals surface area contributed by atoms with E-state index in [9.17, 15) is 8.42 Å². The minimum atomic E-state index is -2.97. The molecule has 3 nitrogen and oxygen atoms in total. The molecule has 1 aliphatic carbocycles. The molecule has 0 heterocycles. The summed E-state index contributed by atoms with van der Waals surface area (Å²) in [6, 6.07) is 7.21. The highest BCUT2D eigenvalue weighted by Gasteiger charge is 2.29. The molecule has 1 aromatic rings. The summed E-state index contributed by atoms with van der Waals surface area (Å²) in [5.74, 6) is 0.710. The molecule has 5 heteroatoms. The smallest absolute Gasteiger partial charge is 0.150 e. The van der Waals surface area contributed by atoms with Crippen LogP contribution in [0.5, 0.6) is 5.75 Å². The summed E-state index contributed by atoms with van der Waals surface area (Å²) in [6.45, 7) is 0. The number of sulfone groups is 1.